The van der Waals surface area contributed by atoms with Crippen LogP contribution in [0.15, 0.2) is 0 Å². The summed E-state index contributed by atoms with van der Waals surface area (Å²) in [7, 11) is 0. The molecule has 0 spiro atoms. The van der Waals surface area contributed by atoms with Crippen LogP contribution in [0.5, 0.6) is 0 Å². The predicted octanol–water partition coefficient (Wildman–Crippen LogP) is 6.79. The Morgan fingerprint density at radius 1 is 0.950 bits per heavy atom. The summed E-state index contributed by atoms with van der Waals surface area (Å²) in [4.78, 5) is 0. The van der Waals surface area contributed by atoms with Crippen LogP contribution in [0.3, 0.4) is 0 Å². The molecule has 0 bridgehead atoms. The van der Waals surface area contributed by atoms with Crippen LogP contribution in [0, 0.1) is 41.4 Å². The van der Waals surface area contributed by atoms with E-state index in [1.165, 1.54) is 38.5 Å². The van der Waals surface area contributed by atoms with Gasteiger partial charge >= 0.3 is 0 Å². The lowest BCUT2D eigenvalue weighted by Gasteiger charge is -2.37. The van der Waals surface area contributed by atoms with E-state index < -0.39 is 0 Å². The molecule has 0 aliphatic heterocycles. The highest BCUT2D eigenvalue weighted by atomic mass is 14.4. The molecule has 6 unspecified atom stereocenters. The molecule has 1 aliphatic rings. The largest absolute Gasteiger partial charge is 0.0654 e. The Bertz CT molecular complexity index is 255. The van der Waals surface area contributed by atoms with E-state index in [1.54, 1.807) is 0 Å². The maximum absolute atomic E-state index is 2.51. The van der Waals surface area contributed by atoms with E-state index in [0.29, 0.717) is 0 Å². The third-order valence-electron chi connectivity index (χ3n) is 6.26. The minimum Gasteiger partial charge on any atom is -0.0654 e. The van der Waals surface area contributed by atoms with Gasteiger partial charge in [0.05, 0.1) is 0 Å². The summed E-state index contributed by atoms with van der Waals surface area (Å²) >= 11 is 0. The van der Waals surface area contributed by atoms with E-state index in [-0.39, 0.29) is 0 Å². The Labute approximate surface area is 129 Å². The van der Waals surface area contributed by atoms with Gasteiger partial charge in [-0.05, 0) is 60.7 Å². The molecule has 20 heavy (non-hydrogen) atoms. The molecular formula is C20H40. The van der Waals surface area contributed by atoms with Crippen molar-refractivity contribution in [2.24, 2.45) is 41.4 Å². The van der Waals surface area contributed by atoms with Gasteiger partial charge in [0.2, 0.25) is 0 Å². The predicted molar refractivity (Wildman–Crippen MR) is 91.9 cm³/mol. The molecule has 0 aromatic carbocycles. The molecule has 0 radical (unpaired) electrons. The van der Waals surface area contributed by atoms with E-state index in [0.717, 1.165) is 41.4 Å². The van der Waals surface area contributed by atoms with E-state index in [2.05, 4.69) is 48.5 Å². The van der Waals surface area contributed by atoms with E-state index in [1.807, 2.05) is 0 Å². The van der Waals surface area contributed by atoms with Gasteiger partial charge in [0.25, 0.3) is 0 Å². The number of rotatable bonds is 8. The lowest BCUT2D eigenvalue weighted by molar-refractivity contribution is 0.129. The number of hydrogen-bond acceptors (Lipinski definition) is 0. The molecule has 6 atom stereocenters. The number of hydrogen-bond donors (Lipinski definition) is 0. The molecule has 1 fully saturated rings. The second-order valence-corrected chi connectivity index (χ2v) is 8.30. The average molecular weight is 281 g/mol. The first-order valence-electron chi connectivity index (χ1n) is 9.40. The van der Waals surface area contributed by atoms with Crippen molar-refractivity contribution in [1.82, 2.24) is 0 Å². The van der Waals surface area contributed by atoms with E-state index in [4.69, 9.17) is 0 Å². The fourth-order valence-electron chi connectivity index (χ4n) is 4.86. The maximum atomic E-state index is 2.51. The van der Waals surface area contributed by atoms with Gasteiger partial charge in [-0.25, -0.2) is 0 Å². The topological polar surface area (TPSA) is 0 Å². The Balaban J connectivity index is 2.77. The van der Waals surface area contributed by atoms with Crippen LogP contribution in [0.2, 0.25) is 0 Å². The van der Waals surface area contributed by atoms with Crippen molar-refractivity contribution in [1.29, 1.82) is 0 Å². The van der Waals surface area contributed by atoms with Gasteiger partial charge in [0.15, 0.2) is 0 Å². The molecule has 1 aliphatic carbocycles. The van der Waals surface area contributed by atoms with Crippen molar-refractivity contribution >= 4 is 0 Å². The summed E-state index contributed by atoms with van der Waals surface area (Å²) in [5.74, 6) is 6.58. The van der Waals surface area contributed by atoms with Crippen LogP contribution in [0.1, 0.15) is 87.0 Å². The summed E-state index contributed by atoms with van der Waals surface area (Å²) in [5, 5.41) is 0. The first-order valence-corrected chi connectivity index (χ1v) is 9.40. The van der Waals surface area contributed by atoms with Crippen molar-refractivity contribution in [2.75, 3.05) is 0 Å². The van der Waals surface area contributed by atoms with Crippen LogP contribution in [-0.2, 0) is 0 Å². The summed E-state index contributed by atoms with van der Waals surface area (Å²) in [6.07, 6.45) is 8.61. The van der Waals surface area contributed by atoms with Gasteiger partial charge in [-0.15, -0.1) is 0 Å². The minimum atomic E-state index is 0.850. The third-order valence-corrected chi connectivity index (χ3v) is 6.26. The average Bonchev–Trinajstić information content (AvgIpc) is 2.70. The fraction of sp³-hybridized carbons (Fsp3) is 1.00. The fourth-order valence-corrected chi connectivity index (χ4v) is 4.86. The molecule has 0 heterocycles. The molecule has 0 nitrogen and oxygen atoms in total. The van der Waals surface area contributed by atoms with Gasteiger partial charge < -0.3 is 0 Å². The van der Waals surface area contributed by atoms with Gasteiger partial charge in [-0.1, -0.05) is 67.7 Å². The Morgan fingerprint density at radius 3 is 2.00 bits per heavy atom. The zero-order valence-corrected chi connectivity index (χ0v) is 15.3. The summed E-state index contributed by atoms with van der Waals surface area (Å²) in [6, 6.07) is 0. The smallest absolute Gasteiger partial charge is 0.0355 e. The van der Waals surface area contributed by atoms with Gasteiger partial charge in [0.1, 0.15) is 0 Å². The van der Waals surface area contributed by atoms with Crippen molar-refractivity contribution < 1.29 is 0 Å². The van der Waals surface area contributed by atoms with Crippen LogP contribution < -0.4 is 0 Å². The Kier molecular flexibility index (Phi) is 7.62. The highest BCUT2D eigenvalue weighted by Crippen LogP contribution is 2.44. The molecule has 0 aromatic heterocycles. The quantitative estimate of drug-likeness (QED) is 0.459. The summed E-state index contributed by atoms with van der Waals surface area (Å²) in [5.41, 5.74) is 0. The molecular weight excluding hydrogens is 240 g/mol. The molecule has 0 aromatic rings. The monoisotopic (exact) mass is 280 g/mol. The molecule has 120 valence electrons. The first-order chi connectivity index (χ1) is 9.40. The van der Waals surface area contributed by atoms with Crippen molar-refractivity contribution in [2.45, 2.75) is 87.0 Å². The molecule has 0 amide bonds. The first kappa shape index (κ1) is 18.1. The SMILES string of the molecule is CCCC(C(C)C)C(CC1CC(C)CC1C)C(C)CC. The van der Waals surface area contributed by atoms with Crippen LogP contribution in [0.25, 0.3) is 0 Å². The zero-order chi connectivity index (χ0) is 15.3. The molecule has 1 rings (SSSR count). The van der Waals surface area contributed by atoms with Gasteiger partial charge in [-0.3, -0.25) is 0 Å². The Morgan fingerprint density at radius 2 is 1.60 bits per heavy atom. The molecule has 0 heteroatoms. The van der Waals surface area contributed by atoms with Crippen molar-refractivity contribution in [3.63, 3.8) is 0 Å². The van der Waals surface area contributed by atoms with Gasteiger partial charge in [0, 0.05) is 0 Å². The van der Waals surface area contributed by atoms with E-state index >= 15 is 0 Å². The maximum Gasteiger partial charge on any atom is -0.0355 e. The molecule has 1 saturated carbocycles. The summed E-state index contributed by atoms with van der Waals surface area (Å²) < 4.78 is 0. The van der Waals surface area contributed by atoms with Crippen molar-refractivity contribution in [3.05, 3.63) is 0 Å². The minimum absolute atomic E-state index is 0.850. The highest BCUT2D eigenvalue weighted by molar-refractivity contribution is 4.85. The second-order valence-electron chi connectivity index (χ2n) is 8.30. The van der Waals surface area contributed by atoms with Crippen molar-refractivity contribution in [3.8, 4) is 0 Å². The molecule has 0 N–H and O–H groups in total. The zero-order valence-electron chi connectivity index (χ0n) is 15.3. The van der Waals surface area contributed by atoms with Crippen LogP contribution >= 0.6 is 0 Å². The lowest BCUT2D eigenvalue weighted by Crippen LogP contribution is -2.28. The highest BCUT2D eigenvalue weighted by Gasteiger charge is 2.35. The van der Waals surface area contributed by atoms with Crippen LogP contribution in [0.4, 0.5) is 0 Å². The third kappa shape index (κ3) is 4.78. The molecule has 0 saturated heterocycles. The Hall–Kier alpha value is 0. The van der Waals surface area contributed by atoms with E-state index in [9.17, 15) is 0 Å². The van der Waals surface area contributed by atoms with Crippen LogP contribution in [-0.4, -0.2) is 0 Å². The summed E-state index contributed by atoms with van der Waals surface area (Å²) in [6.45, 7) is 17.1. The van der Waals surface area contributed by atoms with Gasteiger partial charge in [-0.2, -0.15) is 0 Å². The standard InChI is InChI=1S/C20H40/c1-8-10-19(14(3)4)20(16(6)9-2)13-18-12-15(5)11-17(18)7/h14-20H,8-13H2,1-7H3. The normalized spacial score (nSPS) is 31.5. The lowest BCUT2D eigenvalue weighted by atomic mass is 9.69. The second kappa shape index (κ2) is 8.44.